The number of hydrogen-bond donors (Lipinski definition) is 6. The molecule has 75 heavy (non-hydrogen) atoms. The molecule has 0 saturated carbocycles. The van der Waals surface area contributed by atoms with Crippen LogP contribution in [0.4, 0.5) is 0 Å². The van der Waals surface area contributed by atoms with Crippen molar-refractivity contribution in [2.24, 2.45) is 0 Å². The van der Waals surface area contributed by atoms with E-state index in [4.69, 9.17) is 9.47 Å². The van der Waals surface area contributed by atoms with E-state index in [9.17, 15) is 30.3 Å². The number of nitrogens with one attached hydrogen (secondary N) is 1. The summed E-state index contributed by atoms with van der Waals surface area (Å²) >= 11 is 0. The number of carbonyl (C=O) groups excluding carboxylic acids is 1. The Kier molecular flexibility index (Phi) is 50.1. The van der Waals surface area contributed by atoms with E-state index in [-0.39, 0.29) is 12.5 Å². The van der Waals surface area contributed by atoms with Gasteiger partial charge in [0.25, 0.3) is 0 Å². The van der Waals surface area contributed by atoms with Gasteiger partial charge in [0.15, 0.2) is 6.29 Å². The van der Waals surface area contributed by atoms with Crippen LogP contribution in [0.1, 0.15) is 232 Å². The van der Waals surface area contributed by atoms with Crippen LogP contribution in [0.5, 0.6) is 0 Å². The Morgan fingerprint density at radius 3 is 1.23 bits per heavy atom. The number of aliphatic hydroxyl groups excluding tert-OH is 5. The minimum Gasteiger partial charge on any atom is -0.394 e. The Hall–Kier alpha value is -3.41. The lowest BCUT2D eigenvalue weighted by Crippen LogP contribution is -2.60. The lowest BCUT2D eigenvalue weighted by Gasteiger charge is -2.40. The fraction of sp³-hybridized carbons (Fsp3) is 0.682. The molecule has 1 heterocycles. The Bertz CT molecular complexity index is 1590. The highest BCUT2D eigenvalue weighted by molar-refractivity contribution is 5.76. The van der Waals surface area contributed by atoms with Crippen molar-refractivity contribution in [1.82, 2.24) is 5.32 Å². The molecule has 1 fully saturated rings. The lowest BCUT2D eigenvalue weighted by molar-refractivity contribution is -0.302. The van der Waals surface area contributed by atoms with Gasteiger partial charge in [-0.15, -0.1) is 0 Å². The maximum atomic E-state index is 13.0. The van der Waals surface area contributed by atoms with Crippen molar-refractivity contribution in [3.63, 3.8) is 0 Å². The predicted octanol–water partition coefficient (Wildman–Crippen LogP) is 15.5. The summed E-state index contributed by atoms with van der Waals surface area (Å²) in [6.45, 7) is 3.64. The zero-order valence-electron chi connectivity index (χ0n) is 47.5. The van der Waals surface area contributed by atoms with Crippen LogP contribution in [0, 0.1) is 0 Å². The number of rotatable bonds is 50. The van der Waals surface area contributed by atoms with Crippen molar-refractivity contribution < 1.29 is 39.8 Å². The van der Waals surface area contributed by atoms with E-state index in [2.05, 4.69) is 129 Å². The summed E-state index contributed by atoms with van der Waals surface area (Å²) in [6, 6.07) is -0.810. The number of unbranched alkanes of at least 4 members (excludes halogenated alkanes) is 22. The second-order valence-corrected chi connectivity index (χ2v) is 20.4. The van der Waals surface area contributed by atoms with E-state index in [0.717, 1.165) is 96.3 Å². The van der Waals surface area contributed by atoms with Gasteiger partial charge < -0.3 is 40.3 Å². The first-order valence-corrected chi connectivity index (χ1v) is 30.3. The standard InChI is InChI=1S/C66H111NO8/c1-3-5-7-9-11-13-15-16-17-18-19-20-21-22-23-24-25-26-27-28-29-30-31-32-33-34-35-36-37-38-39-40-41-42-43-44-46-48-50-52-54-56-62(70)67-59(58-74-66-65(73)64(72)63(71)61(57-68)75-66)60(69)55-53-51-49-47-45-14-12-10-8-6-4-2/h5,7,11,13,16-17,19-20,22-23,25-26,28-29,31-32,34-35,53,55,59-61,63-66,68-69,71-73H,3-4,6,8-10,12,14-15,18,21,24,27,30,33,36-52,54,56-58H2,1-2H3,(H,67,70)/b7-5-,13-11-,17-16-,20-19-,23-22-,26-25-,29-28-,32-31-,35-34-,55-53+. The molecule has 0 aromatic carbocycles. The fourth-order valence-electron chi connectivity index (χ4n) is 8.80. The molecule has 0 spiro atoms. The Labute approximate surface area is 458 Å². The molecule has 0 bridgehead atoms. The van der Waals surface area contributed by atoms with E-state index < -0.39 is 49.5 Å². The highest BCUT2D eigenvalue weighted by atomic mass is 16.7. The minimum atomic E-state index is -1.57. The topological polar surface area (TPSA) is 149 Å². The first-order valence-electron chi connectivity index (χ1n) is 30.3. The van der Waals surface area contributed by atoms with Crippen molar-refractivity contribution in [3.05, 3.63) is 122 Å². The monoisotopic (exact) mass is 1050 g/mol. The molecular formula is C66H111NO8. The lowest BCUT2D eigenvalue weighted by atomic mass is 9.99. The molecule has 9 nitrogen and oxygen atoms in total. The van der Waals surface area contributed by atoms with Gasteiger partial charge >= 0.3 is 0 Å². The summed E-state index contributed by atoms with van der Waals surface area (Å²) in [5.41, 5.74) is 0. The second kappa shape index (κ2) is 54.0. The molecule has 1 rings (SSSR count). The third-order valence-corrected chi connectivity index (χ3v) is 13.5. The smallest absolute Gasteiger partial charge is 0.220 e. The van der Waals surface area contributed by atoms with Gasteiger partial charge in [-0.3, -0.25) is 4.79 Å². The molecule has 7 atom stereocenters. The number of amides is 1. The summed E-state index contributed by atoms with van der Waals surface area (Å²) in [6.07, 6.45) is 74.3. The van der Waals surface area contributed by atoms with Gasteiger partial charge in [0.05, 0.1) is 25.4 Å². The molecular weight excluding hydrogens is 935 g/mol. The molecule has 0 aliphatic carbocycles. The molecule has 1 amide bonds. The van der Waals surface area contributed by atoms with Crippen LogP contribution in [-0.2, 0) is 14.3 Å². The number of ether oxygens (including phenoxy) is 2. The first kappa shape index (κ1) is 69.6. The molecule has 0 aromatic heterocycles. The molecule has 9 heteroatoms. The van der Waals surface area contributed by atoms with E-state index in [1.54, 1.807) is 6.08 Å². The number of aliphatic hydroxyl groups is 5. The van der Waals surface area contributed by atoms with Gasteiger partial charge in [-0.05, 0) is 89.9 Å². The average Bonchev–Trinajstić information content (AvgIpc) is 3.41. The molecule has 0 radical (unpaired) electrons. The van der Waals surface area contributed by atoms with E-state index in [1.807, 2.05) is 6.08 Å². The Morgan fingerprint density at radius 1 is 0.467 bits per heavy atom. The van der Waals surface area contributed by atoms with E-state index in [0.29, 0.717) is 6.42 Å². The van der Waals surface area contributed by atoms with Crippen LogP contribution in [0.3, 0.4) is 0 Å². The maximum Gasteiger partial charge on any atom is 0.220 e. The van der Waals surface area contributed by atoms with E-state index in [1.165, 1.54) is 116 Å². The zero-order valence-corrected chi connectivity index (χ0v) is 47.5. The van der Waals surface area contributed by atoms with Crippen molar-refractivity contribution in [2.75, 3.05) is 13.2 Å². The molecule has 1 aliphatic rings. The van der Waals surface area contributed by atoms with Gasteiger partial charge in [0.1, 0.15) is 24.4 Å². The van der Waals surface area contributed by atoms with Gasteiger partial charge in [-0.1, -0.05) is 257 Å². The van der Waals surface area contributed by atoms with Crippen molar-refractivity contribution in [3.8, 4) is 0 Å². The first-order chi connectivity index (χ1) is 36.8. The molecule has 6 N–H and O–H groups in total. The number of carbonyl (C=O) groups is 1. The summed E-state index contributed by atoms with van der Waals surface area (Å²) in [5, 5.41) is 54.3. The quantitative estimate of drug-likeness (QED) is 0.0261. The minimum absolute atomic E-state index is 0.184. The summed E-state index contributed by atoms with van der Waals surface area (Å²) in [4.78, 5) is 13.0. The van der Waals surface area contributed by atoms with Crippen LogP contribution in [0.2, 0.25) is 0 Å². The van der Waals surface area contributed by atoms with Crippen LogP contribution in [0.25, 0.3) is 0 Å². The Balaban J connectivity index is 2.09. The normalized spacial score (nSPS) is 19.8. The molecule has 1 saturated heterocycles. The fourth-order valence-corrected chi connectivity index (χ4v) is 8.80. The highest BCUT2D eigenvalue weighted by Crippen LogP contribution is 2.23. The van der Waals surface area contributed by atoms with Crippen LogP contribution < -0.4 is 5.32 Å². The number of hydrogen-bond acceptors (Lipinski definition) is 8. The van der Waals surface area contributed by atoms with Crippen molar-refractivity contribution in [2.45, 2.75) is 275 Å². The van der Waals surface area contributed by atoms with Crippen molar-refractivity contribution >= 4 is 5.91 Å². The Morgan fingerprint density at radius 2 is 0.827 bits per heavy atom. The van der Waals surface area contributed by atoms with Gasteiger partial charge in [0, 0.05) is 6.42 Å². The summed E-state index contributed by atoms with van der Waals surface area (Å²) in [7, 11) is 0. The van der Waals surface area contributed by atoms with Gasteiger partial charge in [-0.2, -0.15) is 0 Å². The second-order valence-electron chi connectivity index (χ2n) is 20.4. The number of allylic oxidation sites excluding steroid dienone is 19. The van der Waals surface area contributed by atoms with Crippen LogP contribution in [-0.4, -0.2) is 87.5 Å². The molecule has 1 aliphatic heterocycles. The predicted molar refractivity (Wildman–Crippen MR) is 317 cm³/mol. The maximum absolute atomic E-state index is 13.0. The van der Waals surface area contributed by atoms with Gasteiger partial charge in [-0.25, -0.2) is 0 Å². The molecule has 0 aromatic rings. The van der Waals surface area contributed by atoms with Gasteiger partial charge in [0.2, 0.25) is 5.91 Å². The molecule has 428 valence electrons. The summed E-state index contributed by atoms with van der Waals surface area (Å²) in [5.74, 6) is -0.184. The van der Waals surface area contributed by atoms with Crippen molar-refractivity contribution in [1.29, 1.82) is 0 Å². The third-order valence-electron chi connectivity index (χ3n) is 13.5. The highest BCUT2D eigenvalue weighted by Gasteiger charge is 2.44. The third kappa shape index (κ3) is 43.3. The zero-order chi connectivity index (χ0) is 54.3. The van der Waals surface area contributed by atoms with Crippen LogP contribution in [0.15, 0.2) is 122 Å². The summed E-state index contributed by atoms with van der Waals surface area (Å²) < 4.78 is 11.2. The largest absolute Gasteiger partial charge is 0.394 e. The van der Waals surface area contributed by atoms with E-state index >= 15 is 0 Å². The SMILES string of the molecule is CC/C=C\C/C=C\C/C=C\C/C=C\C/C=C\C/C=C\C/C=C\C/C=C\C/C=C\CCCCCCCCCCCCCCCC(=O)NC(COC1OC(CO)C(O)C(O)C1O)C(O)/C=C/CCCCCCCCCCC. The average molecular weight is 1050 g/mol. The van der Waals surface area contributed by atoms with Crippen LogP contribution >= 0.6 is 0 Å². The molecule has 7 unspecified atom stereocenters.